The molecule has 0 bridgehead atoms. The van der Waals surface area contributed by atoms with Gasteiger partial charge in [-0.3, -0.25) is 4.79 Å². The number of carbonyl (C=O) groups excluding carboxylic acids is 1. The summed E-state index contributed by atoms with van der Waals surface area (Å²) in [5, 5.41) is 0. The molecular formula is C12H17F3N2O. The Kier molecular flexibility index (Phi) is 3.66. The zero-order valence-electron chi connectivity index (χ0n) is 9.99. The molecule has 0 radical (unpaired) electrons. The summed E-state index contributed by atoms with van der Waals surface area (Å²) in [6.45, 7) is 0.394. The molecule has 1 fully saturated rings. The summed E-state index contributed by atoms with van der Waals surface area (Å²) in [6.07, 6.45) is 0.00607. The van der Waals surface area contributed by atoms with Gasteiger partial charge < -0.3 is 10.6 Å². The van der Waals surface area contributed by atoms with E-state index in [1.165, 1.54) is 4.90 Å². The standard InChI is InChI=1S/C12H17F3N2O/c13-12(14,15)9-3-5-17(6-4-9)11(18)8-1-2-10(16)7-8/h1-2,8-10H,3-7,16H2. The van der Waals surface area contributed by atoms with Gasteiger partial charge in [0.25, 0.3) is 0 Å². The maximum absolute atomic E-state index is 12.5. The largest absolute Gasteiger partial charge is 0.391 e. The highest BCUT2D eigenvalue weighted by Gasteiger charge is 2.42. The van der Waals surface area contributed by atoms with Crippen LogP contribution in [0.5, 0.6) is 0 Å². The molecule has 0 aromatic rings. The van der Waals surface area contributed by atoms with Crippen molar-refractivity contribution in [3.63, 3.8) is 0 Å². The van der Waals surface area contributed by atoms with Crippen LogP contribution in [0, 0.1) is 11.8 Å². The fourth-order valence-electron chi connectivity index (χ4n) is 2.57. The van der Waals surface area contributed by atoms with Crippen LogP contribution in [-0.4, -0.2) is 36.1 Å². The monoisotopic (exact) mass is 262 g/mol. The van der Waals surface area contributed by atoms with Gasteiger partial charge >= 0.3 is 6.18 Å². The van der Waals surface area contributed by atoms with Gasteiger partial charge in [0, 0.05) is 19.1 Å². The van der Waals surface area contributed by atoms with Gasteiger partial charge in [0.15, 0.2) is 0 Å². The van der Waals surface area contributed by atoms with Gasteiger partial charge in [-0.15, -0.1) is 0 Å². The van der Waals surface area contributed by atoms with Crippen LogP contribution in [0.4, 0.5) is 13.2 Å². The van der Waals surface area contributed by atoms with E-state index in [-0.39, 0.29) is 43.8 Å². The highest BCUT2D eigenvalue weighted by Crippen LogP contribution is 2.34. The molecule has 2 unspecified atom stereocenters. The SMILES string of the molecule is NC1C=CC(C(=O)N2CCC(C(F)(F)F)CC2)C1. The van der Waals surface area contributed by atoms with E-state index in [0.717, 1.165) is 0 Å². The molecule has 0 aromatic carbocycles. The minimum Gasteiger partial charge on any atom is -0.342 e. The summed E-state index contributed by atoms with van der Waals surface area (Å²) in [7, 11) is 0. The number of rotatable bonds is 1. The molecule has 102 valence electrons. The first kappa shape index (κ1) is 13.4. The van der Waals surface area contributed by atoms with Gasteiger partial charge in [-0.05, 0) is 19.3 Å². The number of likely N-dealkylation sites (tertiary alicyclic amines) is 1. The van der Waals surface area contributed by atoms with Gasteiger partial charge in [0.05, 0.1) is 11.8 Å². The molecule has 2 rings (SSSR count). The number of hydrogen-bond donors (Lipinski definition) is 1. The van der Waals surface area contributed by atoms with Crippen molar-refractivity contribution in [3.05, 3.63) is 12.2 Å². The van der Waals surface area contributed by atoms with Crippen LogP contribution in [0.25, 0.3) is 0 Å². The third-order valence-electron chi connectivity index (χ3n) is 3.70. The first-order valence-corrected chi connectivity index (χ1v) is 6.17. The van der Waals surface area contributed by atoms with Crippen LogP contribution >= 0.6 is 0 Å². The van der Waals surface area contributed by atoms with Gasteiger partial charge in [-0.25, -0.2) is 0 Å². The summed E-state index contributed by atoms with van der Waals surface area (Å²) in [5.74, 6) is -1.59. The van der Waals surface area contributed by atoms with E-state index in [0.29, 0.717) is 6.42 Å². The third-order valence-corrected chi connectivity index (χ3v) is 3.70. The van der Waals surface area contributed by atoms with E-state index in [9.17, 15) is 18.0 Å². The summed E-state index contributed by atoms with van der Waals surface area (Å²) < 4.78 is 37.5. The second-order valence-electron chi connectivity index (χ2n) is 5.03. The molecule has 2 N–H and O–H groups in total. The molecule has 2 atom stereocenters. The van der Waals surface area contributed by atoms with E-state index < -0.39 is 12.1 Å². The zero-order valence-corrected chi connectivity index (χ0v) is 9.99. The Labute approximate surface area is 104 Å². The van der Waals surface area contributed by atoms with Gasteiger partial charge in [0.1, 0.15) is 0 Å². The van der Waals surface area contributed by atoms with E-state index >= 15 is 0 Å². The normalized spacial score (nSPS) is 29.9. The van der Waals surface area contributed by atoms with Crippen molar-refractivity contribution in [1.29, 1.82) is 0 Å². The van der Waals surface area contributed by atoms with Crippen molar-refractivity contribution in [2.45, 2.75) is 31.5 Å². The van der Waals surface area contributed by atoms with Gasteiger partial charge in [0.2, 0.25) is 5.91 Å². The third kappa shape index (κ3) is 2.85. The first-order valence-electron chi connectivity index (χ1n) is 6.17. The molecular weight excluding hydrogens is 245 g/mol. The van der Waals surface area contributed by atoms with E-state index in [2.05, 4.69) is 0 Å². The number of nitrogens with two attached hydrogens (primary N) is 1. The smallest absolute Gasteiger partial charge is 0.342 e. The number of halogens is 3. The molecule has 18 heavy (non-hydrogen) atoms. The summed E-state index contributed by atoms with van der Waals surface area (Å²) in [5.41, 5.74) is 5.67. The molecule has 1 saturated heterocycles. The minimum absolute atomic E-state index is 0.0116. The lowest BCUT2D eigenvalue weighted by Gasteiger charge is -2.34. The van der Waals surface area contributed by atoms with Crippen LogP contribution in [-0.2, 0) is 4.79 Å². The van der Waals surface area contributed by atoms with E-state index in [1.807, 2.05) is 0 Å². The van der Waals surface area contributed by atoms with Gasteiger partial charge in [-0.2, -0.15) is 13.2 Å². The van der Waals surface area contributed by atoms with Crippen LogP contribution < -0.4 is 5.73 Å². The number of piperidine rings is 1. The van der Waals surface area contributed by atoms with E-state index in [4.69, 9.17) is 5.73 Å². The molecule has 2 aliphatic rings. The summed E-state index contributed by atoms with van der Waals surface area (Å²) in [4.78, 5) is 13.6. The lowest BCUT2D eigenvalue weighted by Crippen LogP contribution is -2.44. The highest BCUT2D eigenvalue weighted by atomic mass is 19.4. The van der Waals surface area contributed by atoms with Crippen LogP contribution in [0.2, 0.25) is 0 Å². The molecule has 0 spiro atoms. The Morgan fingerprint density at radius 3 is 2.28 bits per heavy atom. The number of alkyl halides is 3. The highest BCUT2D eigenvalue weighted by molar-refractivity contribution is 5.81. The number of hydrogen-bond acceptors (Lipinski definition) is 2. The fourth-order valence-corrected chi connectivity index (χ4v) is 2.57. The fraction of sp³-hybridized carbons (Fsp3) is 0.750. The summed E-state index contributed by atoms with van der Waals surface area (Å²) >= 11 is 0. The Hall–Kier alpha value is -1.04. The molecule has 0 aromatic heterocycles. The van der Waals surface area contributed by atoms with E-state index in [1.54, 1.807) is 12.2 Å². The summed E-state index contributed by atoms with van der Waals surface area (Å²) in [6, 6.07) is -0.105. The Morgan fingerprint density at radius 1 is 1.22 bits per heavy atom. The van der Waals surface area contributed by atoms with Crippen molar-refractivity contribution >= 4 is 5.91 Å². The van der Waals surface area contributed by atoms with Crippen LogP contribution in [0.15, 0.2) is 12.2 Å². The molecule has 6 heteroatoms. The lowest BCUT2D eigenvalue weighted by molar-refractivity contribution is -0.186. The minimum atomic E-state index is -4.13. The molecule has 1 aliphatic heterocycles. The van der Waals surface area contributed by atoms with Crippen molar-refractivity contribution in [2.75, 3.05) is 13.1 Å². The van der Waals surface area contributed by atoms with Crippen molar-refractivity contribution in [1.82, 2.24) is 4.90 Å². The van der Waals surface area contributed by atoms with Crippen LogP contribution in [0.3, 0.4) is 0 Å². The average molecular weight is 262 g/mol. The molecule has 1 aliphatic carbocycles. The number of nitrogens with zero attached hydrogens (tertiary/aromatic N) is 1. The molecule has 1 amide bonds. The predicted octanol–water partition coefficient (Wildman–Crippen LogP) is 1.69. The van der Waals surface area contributed by atoms with Crippen LogP contribution in [0.1, 0.15) is 19.3 Å². The Bertz CT molecular complexity index is 346. The maximum Gasteiger partial charge on any atom is 0.391 e. The van der Waals surface area contributed by atoms with Gasteiger partial charge in [-0.1, -0.05) is 12.2 Å². The lowest BCUT2D eigenvalue weighted by atomic mass is 9.95. The zero-order chi connectivity index (χ0) is 13.3. The molecule has 0 saturated carbocycles. The quantitative estimate of drug-likeness (QED) is 0.731. The molecule has 3 nitrogen and oxygen atoms in total. The Balaban J connectivity index is 1.86. The van der Waals surface area contributed by atoms with Crippen molar-refractivity contribution in [3.8, 4) is 0 Å². The van der Waals surface area contributed by atoms with Crippen molar-refractivity contribution in [2.24, 2.45) is 17.6 Å². The topological polar surface area (TPSA) is 46.3 Å². The second-order valence-corrected chi connectivity index (χ2v) is 5.03. The van der Waals surface area contributed by atoms with Crippen molar-refractivity contribution < 1.29 is 18.0 Å². The average Bonchev–Trinajstić information content (AvgIpc) is 2.74. The maximum atomic E-state index is 12.5. The predicted molar refractivity (Wildman–Crippen MR) is 60.6 cm³/mol. The number of carbonyl (C=O) groups is 1. The first-order chi connectivity index (χ1) is 8.38. The number of amides is 1. The second kappa shape index (κ2) is 4.91. The Morgan fingerprint density at radius 2 is 1.83 bits per heavy atom. The molecule has 1 heterocycles.